The number of nitrogens with zero attached hydrogens (tertiary/aromatic N) is 2. The van der Waals surface area contributed by atoms with Gasteiger partial charge in [0.15, 0.2) is 5.82 Å². The van der Waals surface area contributed by atoms with Gasteiger partial charge in [-0.15, -0.1) is 0 Å². The highest BCUT2D eigenvalue weighted by molar-refractivity contribution is 6.06. The fourth-order valence-corrected chi connectivity index (χ4v) is 2.76. The Hall–Kier alpha value is -2.36. The zero-order chi connectivity index (χ0) is 12.1. The van der Waals surface area contributed by atoms with Gasteiger partial charge < -0.3 is 10.2 Å². The van der Waals surface area contributed by atoms with Crippen molar-refractivity contribution in [3.63, 3.8) is 0 Å². The molecule has 1 aromatic carbocycles. The van der Waals surface area contributed by atoms with E-state index in [4.69, 9.17) is 0 Å². The standard InChI is InChI=1S/C14H11N3O/c18-14-12-8-9-4-1-2-6-11(9)17(12)13-10(16-14)5-3-7-15-13/h1-7,12H,8H2,(H,16,18). The number of rotatable bonds is 0. The summed E-state index contributed by atoms with van der Waals surface area (Å²) in [7, 11) is 0. The molecule has 4 heteroatoms. The zero-order valence-corrected chi connectivity index (χ0v) is 9.63. The van der Waals surface area contributed by atoms with Gasteiger partial charge in [0.05, 0.1) is 5.69 Å². The van der Waals surface area contributed by atoms with Crippen molar-refractivity contribution < 1.29 is 4.79 Å². The Morgan fingerprint density at radius 1 is 1.22 bits per heavy atom. The monoisotopic (exact) mass is 237 g/mol. The molecule has 1 atom stereocenters. The number of nitrogens with one attached hydrogen (secondary N) is 1. The van der Waals surface area contributed by atoms with Crippen molar-refractivity contribution in [3.8, 4) is 0 Å². The number of hydrogen-bond acceptors (Lipinski definition) is 3. The number of fused-ring (bicyclic) bond motifs is 5. The van der Waals surface area contributed by atoms with Gasteiger partial charge in [-0.1, -0.05) is 18.2 Å². The summed E-state index contributed by atoms with van der Waals surface area (Å²) in [5.74, 6) is 0.888. The summed E-state index contributed by atoms with van der Waals surface area (Å²) in [5.41, 5.74) is 3.09. The molecule has 1 unspecified atom stereocenters. The summed E-state index contributed by atoms with van der Waals surface area (Å²) in [6.45, 7) is 0. The van der Waals surface area contributed by atoms with Crippen molar-refractivity contribution in [3.05, 3.63) is 48.2 Å². The largest absolute Gasteiger partial charge is 0.321 e. The minimum Gasteiger partial charge on any atom is -0.321 e. The number of para-hydroxylation sites is 1. The second-order valence-electron chi connectivity index (χ2n) is 4.58. The van der Waals surface area contributed by atoms with Crippen LogP contribution in [0.2, 0.25) is 0 Å². The number of carbonyl (C=O) groups is 1. The molecule has 0 radical (unpaired) electrons. The van der Waals surface area contributed by atoms with Gasteiger partial charge in [0.2, 0.25) is 5.91 Å². The summed E-state index contributed by atoms with van der Waals surface area (Å²) in [6.07, 6.45) is 2.51. The first kappa shape index (κ1) is 9.65. The molecule has 2 aliphatic heterocycles. The predicted octanol–water partition coefficient (Wildman–Crippen LogP) is 2.10. The molecule has 4 rings (SSSR count). The fourth-order valence-electron chi connectivity index (χ4n) is 2.76. The third kappa shape index (κ3) is 1.14. The number of benzene rings is 1. The van der Waals surface area contributed by atoms with E-state index in [0.29, 0.717) is 0 Å². The van der Waals surface area contributed by atoms with Crippen LogP contribution in [0.5, 0.6) is 0 Å². The van der Waals surface area contributed by atoms with E-state index in [-0.39, 0.29) is 11.9 Å². The SMILES string of the molecule is O=C1Nc2cccnc2N2c3ccccc3CC12. The molecule has 0 spiro atoms. The van der Waals surface area contributed by atoms with E-state index in [1.165, 1.54) is 5.56 Å². The molecule has 2 aliphatic rings. The van der Waals surface area contributed by atoms with Crippen LogP contribution in [-0.2, 0) is 11.2 Å². The van der Waals surface area contributed by atoms with Crippen LogP contribution in [-0.4, -0.2) is 16.9 Å². The average molecular weight is 237 g/mol. The summed E-state index contributed by atoms with van der Waals surface area (Å²) < 4.78 is 0. The van der Waals surface area contributed by atoms with E-state index in [1.807, 2.05) is 35.2 Å². The fraction of sp³-hybridized carbons (Fsp3) is 0.143. The van der Waals surface area contributed by atoms with Crippen molar-refractivity contribution in [1.29, 1.82) is 0 Å². The van der Waals surface area contributed by atoms with Gasteiger partial charge in [0.25, 0.3) is 0 Å². The summed E-state index contributed by atoms with van der Waals surface area (Å²) >= 11 is 0. The van der Waals surface area contributed by atoms with Gasteiger partial charge >= 0.3 is 0 Å². The van der Waals surface area contributed by atoms with Crippen LogP contribution < -0.4 is 10.2 Å². The molecule has 18 heavy (non-hydrogen) atoms. The molecule has 0 saturated carbocycles. The Morgan fingerprint density at radius 3 is 3.06 bits per heavy atom. The quantitative estimate of drug-likeness (QED) is 0.763. The van der Waals surface area contributed by atoms with E-state index >= 15 is 0 Å². The van der Waals surface area contributed by atoms with Gasteiger partial charge in [-0.2, -0.15) is 0 Å². The van der Waals surface area contributed by atoms with Crippen LogP contribution in [0.1, 0.15) is 5.56 Å². The number of carbonyl (C=O) groups excluding carboxylic acids is 1. The Kier molecular flexibility index (Phi) is 1.78. The lowest BCUT2D eigenvalue weighted by molar-refractivity contribution is -0.117. The highest BCUT2D eigenvalue weighted by atomic mass is 16.2. The topological polar surface area (TPSA) is 45.2 Å². The number of aromatic nitrogens is 1. The Morgan fingerprint density at radius 2 is 2.11 bits per heavy atom. The van der Waals surface area contributed by atoms with Crippen LogP contribution >= 0.6 is 0 Å². The smallest absolute Gasteiger partial charge is 0.247 e. The van der Waals surface area contributed by atoms with Gasteiger partial charge in [0.1, 0.15) is 6.04 Å². The van der Waals surface area contributed by atoms with Crippen LogP contribution in [0, 0.1) is 0 Å². The highest BCUT2D eigenvalue weighted by Gasteiger charge is 2.40. The molecule has 88 valence electrons. The van der Waals surface area contributed by atoms with Crippen LogP contribution in [0.4, 0.5) is 17.2 Å². The van der Waals surface area contributed by atoms with Crippen LogP contribution in [0.15, 0.2) is 42.6 Å². The molecule has 1 amide bonds. The minimum absolute atomic E-state index is 0.0479. The number of amides is 1. The Bertz CT molecular complexity index is 653. The maximum absolute atomic E-state index is 12.1. The van der Waals surface area contributed by atoms with Crippen LogP contribution in [0.25, 0.3) is 0 Å². The lowest BCUT2D eigenvalue weighted by Gasteiger charge is -2.32. The van der Waals surface area contributed by atoms with Gasteiger partial charge in [0, 0.05) is 18.3 Å². The van der Waals surface area contributed by atoms with E-state index < -0.39 is 0 Å². The molecular formula is C14H11N3O. The Balaban J connectivity index is 1.96. The molecule has 2 aromatic rings. The molecule has 1 N–H and O–H groups in total. The van der Waals surface area contributed by atoms with Crippen LogP contribution in [0.3, 0.4) is 0 Å². The first-order chi connectivity index (χ1) is 8.84. The van der Waals surface area contributed by atoms with E-state index in [9.17, 15) is 4.79 Å². The maximum atomic E-state index is 12.1. The second-order valence-corrected chi connectivity index (χ2v) is 4.58. The van der Waals surface area contributed by atoms with Crippen molar-refractivity contribution in [2.75, 3.05) is 10.2 Å². The van der Waals surface area contributed by atoms with E-state index in [0.717, 1.165) is 23.6 Å². The third-order valence-corrected chi connectivity index (χ3v) is 3.55. The summed E-state index contributed by atoms with van der Waals surface area (Å²) in [4.78, 5) is 18.6. The van der Waals surface area contributed by atoms with Gasteiger partial charge in [-0.25, -0.2) is 4.98 Å². The molecule has 1 aromatic heterocycles. The number of anilines is 3. The van der Waals surface area contributed by atoms with Gasteiger partial charge in [-0.3, -0.25) is 4.79 Å². The van der Waals surface area contributed by atoms with Crippen molar-refractivity contribution in [2.24, 2.45) is 0 Å². The molecule has 0 aliphatic carbocycles. The molecule has 4 nitrogen and oxygen atoms in total. The maximum Gasteiger partial charge on any atom is 0.247 e. The second kappa shape index (κ2) is 3.32. The normalized spacial score (nSPS) is 19.9. The van der Waals surface area contributed by atoms with E-state index in [1.54, 1.807) is 6.20 Å². The third-order valence-electron chi connectivity index (χ3n) is 3.55. The van der Waals surface area contributed by atoms with Crippen molar-refractivity contribution >= 4 is 23.1 Å². The summed E-state index contributed by atoms with van der Waals surface area (Å²) in [5, 5.41) is 2.92. The highest BCUT2D eigenvalue weighted by Crippen LogP contribution is 2.42. The van der Waals surface area contributed by atoms with E-state index in [2.05, 4.69) is 16.4 Å². The number of hydrogen-bond donors (Lipinski definition) is 1. The summed E-state index contributed by atoms with van der Waals surface area (Å²) in [6, 6.07) is 11.7. The number of pyridine rings is 1. The van der Waals surface area contributed by atoms with Crippen molar-refractivity contribution in [1.82, 2.24) is 4.98 Å². The van der Waals surface area contributed by atoms with Crippen molar-refractivity contribution in [2.45, 2.75) is 12.5 Å². The molecule has 0 bridgehead atoms. The molecule has 3 heterocycles. The van der Waals surface area contributed by atoms with Gasteiger partial charge in [-0.05, 0) is 23.8 Å². The first-order valence-corrected chi connectivity index (χ1v) is 5.97. The molecule has 0 saturated heterocycles. The lowest BCUT2D eigenvalue weighted by Crippen LogP contribution is -2.43. The molecular weight excluding hydrogens is 226 g/mol. The zero-order valence-electron chi connectivity index (χ0n) is 9.63. The molecule has 0 fully saturated rings. The first-order valence-electron chi connectivity index (χ1n) is 5.97. The average Bonchev–Trinajstić information content (AvgIpc) is 2.79. The predicted molar refractivity (Wildman–Crippen MR) is 68.9 cm³/mol. The lowest BCUT2D eigenvalue weighted by atomic mass is 10.1. The Labute approximate surface area is 104 Å². The minimum atomic E-state index is -0.162.